The average Bonchev–Trinajstić information content (AvgIpc) is 3.23. The van der Waals surface area contributed by atoms with Crippen molar-refractivity contribution in [3.63, 3.8) is 0 Å². The van der Waals surface area contributed by atoms with Gasteiger partial charge in [-0.3, -0.25) is 4.98 Å². The van der Waals surface area contributed by atoms with E-state index in [1.807, 2.05) is 37.3 Å². The topological polar surface area (TPSA) is 70.0 Å². The lowest BCUT2D eigenvalue weighted by molar-refractivity contribution is -0.275. The molecule has 1 N–H and O–H groups in total. The lowest BCUT2D eigenvalue weighted by Crippen LogP contribution is -2.46. The number of halogens is 5. The average molecular weight is 610 g/mol. The van der Waals surface area contributed by atoms with E-state index in [1.165, 1.54) is 26.0 Å². The molecule has 6 nitrogen and oxygen atoms in total. The lowest BCUT2D eigenvalue weighted by Gasteiger charge is -2.32. The van der Waals surface area contributed by atoms with Crippen LogP contribution in [0.15, 0.2) is 48.5 Å². The summed E-state index contributed by atoms with van der Waals surface area (Å²) in [7, 11) is 1.13. The Bertz CT molecular complexity index is 1420. The van der Waals surface area contributed by atoms with Crippen molar-refractivity contribution in [1.29, 1.82) is 0 Å². The van der Waals surface area contributed by atoms with E-state index in [9.17, 15) is 27.1 Å². The molecular formula is C32H36F5NO5. The Kier molecular flexibility index (Phi) is 9.68. The minimum Gasteiger partial charge on any atom is -0.493 e. The number of ether oxygens (including phenoxy) is 4. The van der Waals surface area contributed by atoms with E-state index in [4.69, 9.17) is 18.9 Å². The van der Waals surface area contributed by atoms with E-state index in [2.05, 4.69) is 4.98 Å². The van der Waals surface area contributed by atoms with Gasteiger partial charge in [-0.15, -0.1) is 0 Å². The van der Waals surface area contributed by atoms with Gasteiger partial charge in [0, 0.05) is 40.6 Å². The molecule has 1 aliphatic heterocycles. The lowest BCUT2D eigenvalue weighted by atomic mass is 9.76. The molecular weight excluding hydrogens is 573 g/mol. The number of alkyl halides is 3. The highest BCUT2D eigenvalue weighted by Gasteiger charge is 2.65. The monoisotopic (exact) mass is 609 g/mol. The molecule has 1 aliphatic rings. The summed E-state index contributed by atoms with van der Waals surface area (Å²) in [6.45, 7) is 7.62. The summed E-state index contributed by atoms with van der Waals surface area (Å²) in [6, 6.07) is 12.9. The molecule has 6 atom stereocenters. The van der Waals surface area contributed by atoms with Crippen molar-refractivity contribution in [2.24, 2.45) is 5.92 Å². The summed E-state index contributed by atoms with van der Waals surface area (Å²) in [5, 5.41) is 9.64. The Balaban J connectivity index is 1.87. The van der Waals surface area contributed by atoms with E-state index in [0.29, 0.717) is 17.0 Å². The Labute approximate surface area is 247 Å². The number of nitrogens with zero attached hydrogens (tertiary/aromatic N) is 1. The van der Waals surface area contributed by atoms with Gasteiger partial charge >= 0.3 is 6.18 Å². The SMILES string of the molecule is COc1c([C@H]2[C@H](c3cc(OCc4ccccc4)c(C(C)COC(C)O)c(C)n3)O[C@@](C)(C(F)(F)F)[C@H]2C)ccc(F)c1F. The van der Waals surface area contributed by atoms with Crippen molar-refractivity contribution < 1.29 is 46.0 Å². The molecule has 11 heteroatoms. The molecule has 0 radical (unpaired) electrons. The zero-order chi connectivity index (χ0) is 31.7. The molecule has 234 valence electrons. The van der Waals surface area contributed by atoms with Crippen LogP contribution in [0.25, 0.3) is 0 Å². The first-order valence-corrected chi connectivity index (χ1v) is 13.9. The third kappa shape index (κ3) is 6.49. The van der Waals surface area contributed by atoms with Crippen LogP contribution in [-0.4, -0.2) is 41.9 Å². The number of benzene rings is 2. The second-order valence-electron chi connectivity index (χ2n) is 11.1. The number of aliphatic hydroxyl groups excluding tert-OH is 1. The van der Waals surface area contributed by atoms with Gasteiger partial charge < -0.3 is 24.1 Å². The summed E-state index contributed by atoms with van der Waals surface area (Å²) in [5.74, 6) is -5.31. The molecule has 43 heavy (non-hydrogen) atoms. The summed E-state index contributed by atoms with van der Waals surface area (Å²) < 4.78 is 95.1. The molecule has 0 bridgehead atoms. The predicted octanol–water partition coefficient (Wildman–Crippen LogP) is 7.53. The molecule has 3 aromatic rings. The Morgan fingerprint density at radius 2 is 1.77 bits per heavy atom. The summed E-state index contributed by atoms with van der Waals surface area (Å²) in [4.78, 5) is 4.67. The van der Waals surface area contributed by atoms with Crippen LogP contribution in [0.1, 0.15) is 73.7 Å². The normalized spacial score (nSPS) is 23.7. The van der Waals surface area contributed by atoms with Crippen molar-refractivity contribution in [1.82, 2.24) is 4.98 Å². The number of aryl methyl sites for hydroxylation is 1. The number of hydrogen-bond donors (Lipinski definition) is 1. The maximum atomic E-state index is 14.8. The van der Waals surface area contributed by atoms with Crippen molar-refractivity contribution in [3.05, 3.63) is 88.2 Å². The first-order chi connectivity index (χ1) is 20.2. The van der Waals surface area contributed by atoms with Crippen LogP contribution in [0.4, 0.5) is 22.0 Å². The highest BCUT2D eigenvalue weighted by Crippen LogP contribution is 2.59. The molecule has 4 rings (SSSR count). The summed E-state index contributed by atoms with van der Waals surface area (Å²) in [6.07, 6.45) is -7.13. The van der Waals surface area contributed by atoms with Crippen molar-refractivity contribution in [2.75, 3.05) is 13.7 Å². The van der Waals surface area contributed by atoms with Gasteiger partial charge in [-0.25, -0.2) is 4.39 Å². The smallest absolute Gasteiger partial charge is 0.417 e. The fourth-order valence-electron chi connectivity index (χ4n) is 5.71. The Morgan fingerprint density at radius 3 is 2.37 bits per heavy atom. The van der Waals surface area contributed by atoms with Crippen LogP contribution in [0.3, 0.4) is 0 Å². The van der Waals surface area contributed by atoms with Crippen LogP contribution < -0.4 is 9.47 Å². The second kappa shape index (κ2) is 12.8. The van der Waals surface area contributed by atoms with Crippen molar-refractivity contribution in [3.8, 4) is 11.5 Å². The number of hydrogen-bond acceptors (Lipinski definition) is 6. The summed E-state index contributed by atoms with van der Waals surface area (Å²) >= 11 is 0. The van der Waals surface area contributed by atoms with E-state index in [-0.39, 0.29) is 30.4 Å². The maximum absolute atomic E-state index is 14.8. The first kappa shape index (κ1) is 32.6. The standard InChI is InChI=1S/C32H36F5NO5/c1-17(15-41-20(4)39)26-19(3)38-24(14-25(26)42-16-21-10-8-7-9-11-21)30-27(18(2)31(5,43-30)32(35,36)37)22-12-13-23(33)28(34)29(22)40-6/h7-14,17-18,20,27,30,39H,15-16H2,1-6H3/t17?,18-,20?,27-,30-,31+/m0/s1. The first-order valence-electron chi connectivity index (χ1n) is 13.9. The van der Waals surface area contributed by atoms with Crippen LogP contribution in [0.5, 0.6) is 11.5 Å². The quantitative estimate of drug-likeness (QED) is 0.189. The highest BCUT2D eigenvalue weighted by atomic mass is 19.4. The minimum atomic E-state index is -4.79. The van der Waals surface area contributed by atoms with Gasteiger partial charge in [-0.05, 0) is 32.4 Å². The van der Waals surface area contributed by atoms with E-state index in [1.54, 1.807) is 6.92 Å². The van der Waals surface area contributed by atoms with Crippen LogP contribution in [0, 0.1) is 24.5 Å². The molecule has 0 amide bonds. The fourth-order valence-corrected chi connectivity index (χ4v) is 5.71. The Morgan fingerprint density at radius 1 is 1.09 bits per heavy atom. The molecule has 2 aromatic carbocycles. The molecule has 1 aromatic heterocycles. The van der Waals surface area contributed by atoms with Crippen molar-refractivity contribution >= 4 is 0 Å². The number of methoxy groups -OCH3 is 1. The van der Waals surface area contributed by atoms with E-state index >= 15 is 0 Å². The molecule has 0 saturated carbocycles. The van der Waals surface area contributed by atoms with Gasteiger partial charge in [0.2, 0.25) is 5.82 Å². The molecule has 0 spiro atoms. The molecule has 1 saturated heterocycles. The van der Waals surface area contributed by atoms with E-state index in [0.717, 1.165) is 25.7 Å². The molecule has 2 heterocycles. The Hall–Kier alpha value is -3.28. The van der Waals surface area contributed by atoms with E-state index < -0.39 is 53.4 Å². The molecule has 1 fully saturated rings. The number of rotatable bonds is 10. The zero-order valence-corrected chi connectivity index (χ0v) is 24.8. The minimum absolute atomic E-state index is 0.0286. The number of aliphatic hydroxyl groups is 1. The van der Waals surface area contributed by atoms with Gasteiger partial charge in [0.05, 0.1) is 19.4 Å². The van der Waals surface area contributed by atoms with Crippen LogP contribution >= 0.6 is 0 Å². The second-order valence-corrected chi connectivity index (χ2v) is 11.1. The fraction of sp³-hybridized carbons (Fsp3) is 0.469. The van der Waals surface area contributed by atoms with Crippen LogP contribution in [0.2, 0.25) is 0 Å². The zero-order valence-electron chi connectivity index (χ0n) is 24.8. The number of aromatic nitrogens is 1. The van der Waals surface area contributed by atoms with Gasteiger partial charge in [-0.2, -0.15) is 17.6 Å². The van der Waals surface area contributed by atoms with Crippen LogP contribution in [-0.2, 0) is 16.1 Å². The largest absolute Gasteiger partial charge is 0.493 e. The van der Waals surface area contributed by atoms with Gasteiger partial charge in [0.15, 0.2) is 23.5 Å². The maximum Gasteiger partial charge on any atom is 0.417 e. The third-order valence-electron chi connectivity index (χ3n) is 8.15. The summed E-state index contributed by atoms with van der Waals surface area (Å²) in [5.41, 5.74) is -0.528. The van der Waals surface area contributed by atoms with Crippen molar-refractivity contribution in [2.45, 2.75) is 77.2 Å². The van der Waals surface area contributed by atoms with Gasteiger partial charge in [0.25, 0.3) is 0 Å². The molecule has 0 aliphatic carbocycles. The van der Waals surface area contributed by atoms with Gasteiger partial charge in [-0.1, -0.05) is 50.2 Å². The van der Waals surface area contributed by atoms with Gasteiger partial charge in [0.1, 0.15) is 18.5 Å². The third-order valence-corrected chi connectivity index (χ3v) is 8.15. The number of pyridine rings is 1. The predicted molar refractivity (Wildman–Crippen MR) is 149 cm³/mol. The molecule has 2 unspecified atom stereocenters. The highest BCUT2D eigenvalue weighted by molar-refractivity contribution is 5.45.